The van der Waals surface area contributed by atoms with Crippen LogP contribution in [0.1, 0.15) is 44.4 Å². The fourth-order valence-electron chi connectivity index (χ4n) is 3.82. The number of guanidine groups is 1. The van der Waals surface area contributed by atoms with Crippen molar-refractivity contribution in [1.82, 2.24) is 20.9 Å². The standard InChI is InChI=1S/C23H34FN5O2.HI/c1-4-10-26-22(30)15-29-11-8-18(9-12-29)28-23(25-5-2)27-14-21-16(3)19-13-17(24)6-7-20(19)31-21;/h6-7,13,18H,4-5,8-12,14-15H2,1-3H3,(H,26,30)(H2,25,27,28);1H. The Kier molecular flexibility index (Phi) is 10.7. The number of rotatable bonds is 8. The summed E-state index contributed by atoms with van der Waals surface area (Å²) in [5.41, 5.74) is 1.60. The van der Waals surface area contributed by atoms with Crippen LogP contribution >= 0.6 is 24.0 Å². The van der Waals surface area contributed by atoms with Gasteiger partial charge in [-0.1, -0.05) is 6.92 Å². The van der Waals surface area contributed by atoms with Gasteiger partial charge in [-0.15, -0.1) is 24.0 Å². The molecule has 7 nitrogen and oxygen atoms in total. The molecule has 0 saturated carbocycles. The van der Waals surface area contributed by atoms with Crippen molar-refractivity contribution >= 4 is 46.8 Å². The number of halogens is 2. The van der Waals surface area contributed by atoms with Crippen LogP contribution in [0.15, 0.2) is 27.6 Å². The number of hydrogen-bond donors (Lipinski definition) is 3. The Bertz CT molecular complexity index is 909. The molecule has 1 aromatic carbocycles. The zero-order chi connectivity index (χ0) is 22.2. The van der Waals surface area contributed by atoms with Crippen LogP contribution in [0.4, 0.5) is 4.39 Å². The molecule has 32 heavy (non-hydrogen) atoms. The van der Waals surface area contributed by atoms with Gasteiger partial charge in [-0.25, -0.2) is 9.38 Å². The Morgan fingerprint density at radius 3 is 2.69 bits per heavy atom. The van der Waals surface area contributed by atoms with Crippen molar-refractivity contribution in [2.45, 2.75) is 52.6 Å². The molecule has 2 aromatic rings. The SMILES string of the molecule is CCCNC(=O)CN1CCC(NC(=NCc2oc3ccc(F)cc3c2C)NCC)CC1.I. The van der Waals surface area contributed by atoms with Gasteiger partial charge in [0.25, 0.3) is 0 Å². The fraction of sp³-hybridized carbons (Fsp3) is 0.565. The predicted molar refractivity (Wildman–Crippen MR) is 137 cm³/mol. The maximum atomic E-state index is 13.5. The van der Waals surface area contributed by atoms with Gasteiger partial charge in [0, 0.05) is 43.2 Å². The fourth-order valence-corrected chi connectivity index (χ4v) is 3.82. The first kappa shape index (κ1) is 26.4. The van der Waals surface area contributed by atoms with Crippen molar-refractivity contribution in [3.8, 4) is 0 Å². The third kappa shape index (κ3) is 7.33. The number of aryl methyl sites for hydroxylation is 1. The average molecular weight is 559 g/mol. The van der Waals surface area contributed by atoms with Crippen molar-refractivity contribution in [2.24, 2.45) is 4.99 Å². The van der Waals surface area contributed by atoms with Gasteiger partial charge in [0.15, 0.2) is 5.96 Å². The largest absolute Gasteiger partial charge is 0.459 e. The van der Waals surface area contributed by atoms with E-state index in [1.54, 1.807) is 6.07 Å². The molecule has 0 bridgehead atoms. The normalized spacial score (nSPS) is 15.4. The minimum Gasteiger partial charge on any atom is -0.459 e. The van der Waals surface area contributed by atoms with Gasteiger partial charge in [-0.2, -0.15) is 0 Å². The lowest BCUT2D eigenvalue weighted by Crippen LogP contribution is -2.50. The van der Waals surface area contributed by atoms with Gasteiger partial charge in [0.05, 0.1) is 6.54 Å². The van der Waals surface area contributed by atoms with E-state index < -0.39 is 0 Å². The monoisotopic (exact) mass is 559 g/mol. The molecule has 2 heterocycles. The van der Waals surface area contributed by atoms with Gasteiger partial charge in [0.1, 0.15) is 23.7 Å². The maximum absolute atomic E-state index is 13.5. The lowest BCUT2D eigenvalue weighted by Gasteiger charge is -2.32. The Hall–Kier alpha value is -1.88. The summed E-state index contributed by atoms with van der Waals surface area (Å²) in [6.07, 6.45) is 2.86. The third-order valence-corrected chi connectivity index (χ3v) is 5.59. The van der Waals surface area contributed by atoms with E-state index in [4.69, 9.17) is 4.42 Å². The van der Waals surface area contributed by atoms with Crippen LogP contribution in [0.3, 0.4) is 0 Å². The second kappa shape index (κ2) is 13.0. The number of nitrogens with one attached hydrogen (secondary N) is 3. The number of likely N-dealkylation sites (tertiary alicyclic amines) is 1. The van der Waals surface area contributed by atoms with Crippen molar-refractivity contribution in [1.29, 1.82) is 0 Å². The lowest BCUT2D eigenvalue weighted by molar-refractivity contribution is -0.122. The van der Waals surface area contributed by atoms with Gasteiger partial charge in [-0.3, -0.25) is 9.69 Å². The van der Waals surface area contributed by atoms with Crippen LogP contribution in [0.2, 0.25) is 0 Å². The van der Waals surface area contributed by atoms with Gasteiger partial charge in [-0.05, 0) is 51.3 Å². The zero-order valence-electron chi connectivity index (χ0n) is 19.2. The first-order valence-corrected chi connectivity index (χ1v) is 11.2. The van der Waals surface area contributed by atoms with Crippen LogP contribution in [-0.4, -0.2) is 55.5 Å². The number of benzene rings is 1. The quantitative estimate of drug-likeness (QED) is 0.262. The molecule has 1 fully saturated rings. The molecule has 1 aromatic heterocycles. The molecule has 1 aliphatic rings. The summed E-state index contributed by atoms with van der Waals surface area (Å²) in [7, 11) is 0. The molecule has 0 unspecified atom stereocenters. The smallest absolute Gasteiger partial charge is 0.234 e. The highest BCUT2D eigenvalue weighted by Crippen LogP contribution is 2.26. The number of carbonyl (C=O) groups excluding carboxylic acids is 1. The summed E-state index contributed by atoms with van der Waals surface area (Å²) < 4.78 is 19.4. The molecule has 178 valence electrons. The van der Waals surface area contributed by atoms with E-state index in [1.807, 2.05) is 13.8 Å². The first-order valence-electron chi connectivity index (χ1n) is 11.2. The van der Waals surface area contributed by atoms with Crippen LogP contribution < -0.4 is 16.0 Å². The number of carbonyl (C=O) groups is 1. The van der Waals surface area contributed by atoms with Crippen molar-refractivity contribution < 1.29 is 13.6 Å². The van der Waals surface area contributed by atoms with E-state index >= 15 is 0 Å². The highest BCUT2D eigenvalue weighted by Gasteiger charge is 2.21. The number of hydrogen-bond acceptors (Lipinski definition) is 4. The van der Waals surface area contributed by atoms with E-state index in [2.05, 4.69) is 32.8 Å². The number of fused-ring (bicyclic) bond motifs is 1. The van der Waals surface area contributed by atoms with Crippen molar-refractivity contribution in [3.05, 3.63) is 35.3 Å². The molecule has 3 rings (SSSR count). The molecule has 3 N–H and O–H groups in total. The Morgan fingerprint density at radius 2 is 2.00 bits per heavy atom. The summed E-state index contributed by atoms with van der Waals surface area (Å²) in [5.74, 6) is 1.32. The number of furan rings is 1. The highest BCUT2D eigenvalue weighted by molar-refractivity contribution is 14.0. The van der Waals surface area contributed by atoms with Crippen molar-refractivity contribution in [3.63, 3.8) is 0 Å². The third-order valence-electron chi connectivity index (χ3n) is 5.59. The predicted octanol–water partition coefficient (Wildman–Crippen LogP) is 3.54. The number of nitrogens with zero attached hydrogens (tertiary/aromatic N) is 2. The Morgan fingerprint density at radius 1 is 1.25 bits per heavy atom. The lowest BCUT2D eigenvalue weighted by atomic mass is 10.1. The summed E-state index contributed by atoms with van der Waals surface area (Å²) in [6.45, 7) is 10.1. The molecular weight excluding hydrogens is 524 g/mol. The molecule has 0 atom stereocenters. The van der Waals surface area contributed by atoms with E-state index in [1.165, 1.54) is 12.1 Å². The van der Waals surface area contributed by atoms with Gasteiger partial charge >= 0.3 is 0 Å². The molecule has 1 amide bonds. The minimum absolute atomic E-state index is 0. The summed E-state index contributed by atoms with van der Waals surface area (Å²) >= 11 is 0. The molecule has 9 heteroatoms. The number of amides is 1. The van der Waals surface area contributed by atoms with E-state index in [0.29, 0.717) is 24.7 Å². The zero-order valence-corrected chi connectivity index (χ0v) is 21.5. The van der Waals surface area contributed by atoms with Crippen LogP contribution in [-0.2, 0) is 11.3 Å². The molecule has 1 aliphatic heterocycles. The number of piperidine rings is 1. The Labute approximate surface area is 206 Å². The van der Waals surface area contributed by atoms with Crippen LogP contribution in [0.25, 0.3) is 11.0 Å². The maximum Gasteiger partial charge on any atom is 0.234 e. The molecule has 1 saturated heterocycles. The molecule has 0 radical (unpaired) electrons. The second-order valence-electron chi connectivity index (χ2n) is 8.03. The molecular formula is C23H35FIN5O2. The van der Waals surface area contributed by atoms with Crippen molar-refractivity contribution in [2.75, 3.05) is 32.7 Å². The van der Waals surface area contributed by atoms with E-state index in [0.717, 1.165) is 68.1 Å². The first-order chi connectivity index (χ1) is 15.0. The summed E-state index contributed by atoms with van der Waals surface area (Å²) in [4.78, 5) is 18.8. The van der Waals surface area contributed by atoms with Crippen LogP contribution in [0, 0.1) is 12.7 Å². The topological polar surface area (TPSA) is 81.9 Å². The average Bonchev–Trinajstić information content (AvgIpc) is 3.07. The Balaban J connectivity index is 0.00000363. The van der Waals surface area contributed by atoms with E-state index in [9.17, 15) is 9.18 Å². The summed E-state index contributed by atoms with van der Waals surface area (Å²) in [5, 5.41) is 10.5. The minimum atomic E-state index is -0.268. The molecule has 0 aliphatic carbocycles. The van der Waals surface area contributed by atoms with Crippen LogP contribution in [0.5, 0.6) is 0 Å². The molecule has 0 spiro atoms. The van der Waals surface area contributed by atoms with Gasteiger partial charge < -0.3 is 20.4 Å². The van der Waals surface area contributed by atoms with Gasteiger partial charge in [0.2, 0.25) is 5.91 Å². The van der Waals surface area contributed by atoms with E-state index in [-0.39, 0.29) is 35.7 Å². The number of aliphatic imine (C=N–C) groups is 1. The highest BCUT2D eigenvalue weighted by atomic mass is 127. The second-order valence-corrected chi connectivity index (χ2v) is 8.03. The summed E-state index contributed by atoms with van der Waals surface area (Å²) in [6, 6.07) is 4.87.